The number of benzene rings is 2. The molecule has 0 aliphatic carbocycles. The third-order valence-electron chi connectivity index (χ3n) is 5.23. The summed E-state index contributed by atoms with van der Waals surface area (Å²) in [4.78, 5) is 0. The van der Waals surface area contributed by atoms with E-state index in [0.29, 0.717) is 25.0 Å². The second kappa shape index (κ2) is 10.0. The number of hydrogen-bond donors (Lipinski definition) is 1. The molecule has 0 amide bonds. The third-order valence-corrected chi connectivity index (χ3v) is 5.73. The SMILES string of the molecule is C=C(NCc1cccc(Br)c1)OCCCCn1ccc2c(C)cc(C(C)C)cc21. The Morgan fingerprint density at radius 1 is 1.17 bits per heavy atom. The zero-order valence-electron chi connectivity index (χ0n) is 17.7. The maximum atomic E-state index is 5.74. The average Bonchev–Trinajstić information content (AvgIpc) is 3.10. The summed E-state index contributed by atoms with van der Waals surface area (Å²) in [6, 6.07) is 15.1. The number of hydrogen-bond acceptors (Lipinski definition) is 2. The van der Waals surface area contributed by atoms with Crippen molar-refractivity contribution in [1.29, 1.82) is 0 Å². The topological polar surface area (TPSA) is 26.2 Å². The normalized spacial score (nSPS) is 11.2. The fourth-order valence-electron chi connectivity index (χ4n) is 3.51. The Morgan fingerprint density at radius 2 is 2.00 bits per heavy atom. The molecule has 0 saturated heterocycles. The van der Waals surface area contributed by atoms with Gasteiger partial charge >= 0.3 is 0 Å². The van der Waals surface area contributed by atoms with Gasteiger partial charge in [0.25, 0.3) is 0 Å². The van der Waals surface area contributed by atoms with Crippen LogP contribution < -0.4 is 5.32 Å². The summed E-state index contributed by atoms with van der Waals surface area (Å²) in [6.07, 6.45) is 4.29. The van der Waals surface area contributed by atoms with Crippen molar-refractivity contribution >= 4 is 26.8 Å². The fourth-order valence-corrected chi connectivity index (χ4v) is 3.96. The van der Waals surface area contributed by atoms with E-state index in [4.69, 9.17) is 4.74 Å². The minimum Gasteiger partial charge on any atom is -0.480 e. The molecule has 0 bridgehead atoms. The van der Waals surface area contributed by atoms with Crippen LogP contribution in [0, 0.1) is 6.92 Å². The van der Waals surface area contributed by atoms with Crippen LogP contribution in [0.2, 0.25) is 0 Å². The van der Waals surface area contributed by atoms with Crippen LogP contribution in [0.4, 0.5) is 0 Å². The van der Waals surface area contributed by atoms with Crippen LogP contribution in [-0.4, -0.2) is 11.2 Å². The van der Waals surface area contributed by atoms with E-state index < -0.39 is 0 Å². The average molecular weight is 455 g/mol. The Balaban J connectivity index is 1.43. The Hall–Kier alpha value is -2.20. The van der Waals surface area contributed by atoms with Gasteiger partial charge in [-0.3, -0.25) is 0 Å². The standard InChI is InChI=1S/C25H31BrN2O/c1-18(2)22-14-19(3)24-10-12-28(25(24)16-22)11-5-6-13-29-20(4)27-17-21-8-7-9-23(26)15-21/h7-10,12,14-16,18,27H,4-6,11,13,17H2,1-3H3. The number of ether oxygens (including phenoxy) is 1. The van der Waals surface area contributed by atoms with Gasteiger partial charge in [0.1, 0.15) is 0 Å². The van der Waals surface area contributed by atoms with Gasteiger partial charge in [-0.15, -0.1) is 0 Å². The highest BCUT2D eigenvalue weighted by atomic mass is 79.9. The van der Waals surface area contributed by atoms with E-state index in [9.17, 15) is 0 Å². The van der Waals surface area contributed by atoms with Crippen LogP contribution in [0.25, 0.3) is 10.9 Å². The zero-order valence-corrected chi connectivity index (χ0v) is 19.3. The summed E-state index contributed by atoms with van der Waals surface area (Å²) >= 11 is 3.49. The molecular weight excluding hydrogens is 424 g/mol. The highest BCUT2D eigenvalue weighted by molar-refractivity contribution is 9.10. The van der Waals surface area contributed by atoms with Gasteiger partial charge in [0.15, 0.2) is 5.88 Å². The van der Waals surface area contributed by atoms with Crippen LogP contribution >= 0.6 is 15.9 Å². The van der Waals surface area contributed by atoms with E-state index >= 15 is 0 Å². The first-order valence-corrected chi connectivity index (χ1v) is 11.1. The first kappa shape index (κ1) is 21.5. The number of fused-ring (bicyclic) bond motifs is 1. The van der Waals surface area contributed by atoms with Gasteiger partial charge in [0.2, 0.25) is 0 Å². The zero-order chi connectivity index (χ0) is 20.8. The molecule has 0 saturated carbocycles. The van der Waals surface area contributed by atoms with E-state index in [1.165, 1.54) is 27.6 Å². The predicted octanol–water partition coefficient (Wildman–Crippen LogP) is 6.89. The van der Waals surface area contributed by atoms with Crippen molar-refractivity contribution in [1.82, 2.24) is 9.88 Å². The maximum Gasteiger partial charge on any atom is 0.179 e. The smallest absolute Gasteiger partial charge is 0.179 e. The molecule has 3 rings (SSSR count). The Kier molecular flexibility index (Phi) is 7.43. The second-order valence-electron chi connectivity index (χ2n) is 7.90. The van der Waals surface area contributed by atoms with Gasteiger partial charge in [-0.25, -0.2) is 0 Å². The van der Waals surface area contributed by atoms with E-state index in [1.54, 1.807) is 0 Å². The van der Waals surface area contributed by atoms with Crippen molar-refractivity contribution in [2.75, 3.05) is 6.61 Å². The molecule has 0 fully saturated rings. The minimum atomic E-state index is 0.547. The van der Waals surface area contributed by atoms with Crippen molar-refractivity contribution in [3.05, 3.63) is 82.3 Å². The van der Waals surface area contributed by atoms with Gasteiger partial charge in [-0.1, -0.05) is 48.0 Å². The summed E-state index contributed by atoms with van der Waals surface area (Å²) in [5.74, 6) is 1.18. The number of nitrogens with one attached hydrogen (secondary N) is 1. The molecule has 3 aromatic rings. The van der Waals surface area contributed by atoms with Crippen LogP contribution in [0.3, 0.4) is 0 Å². The highest BCUT2D eigenvalue weighted by Gasteiger charge is 2.08. The summed E-state index contributed by atoms with van der Waals surface area (Å²) in [6.45, 7) is 13.1. The molecule has 2 aromatic carbocycles. The molecule has 0 radical (unpaired) electrons. The Bertz CT molecular complexity index is 974. The fraction of sp³-hybridized carbons (Fsp3) is 0.360. The molecule has 0 aliphatic rings. The largest absolute Gasteiger partial charge is 0.480 e. The van der Waals surface area contributed by atoms with E-state index in [0.717, 1.165) is 23.9 Å². The number of aryl methyl sites for hydroxylation is 2. The molecule has 0 atom stereocenters. The van der Waals surface area contributed by atoms with E-state index in [1.807, 2.05) is 12.1 Å². The molecule has 0 aliphatic heterocycles. The molecular formula is C25H31BrN2O. The van der Waals surface area contributed by atoms with Crippen LogP contribution in [0.5, 0.6) is 0 Å². The van der Waals surface area contributed by atoms with Crippen LogP contribution in [0.1, 0.15) is 49.3 Å². The predicted molar refractivity (Wildman–Crippen MR) is 126 cm³/mol. The molecule has 0 unspecified atom stereocenters. The van der Waals surface area contributed by atoms with E-state index in [2.05, 4.69) is 89.7 Å². The second-order valence-corrected chi connectivity index (χ2v) is 8.81. The van der Waals surface area contributed by atoms with Gasteiger partial charge < -0.3 is 14.6 Å². The number of unbranched alkanes of at least 4 members (excludes halogenated alkanes) is 1. The summed E-state index contributed by atoms with van der Waals surface area (Å²) in [5.41, 5.74) is 5.31. The molecule has 0 spiro atoms. The Labute approximate surface area is 182 Å². The molecule has 1 N–H and O–H groups in total. The summed E-state index contributed by atoms with van der Waals surface area (Å²) in [7, 11) is 0. The van der Waals surface area contributed by atoms with Crippen molar-refractivity contribution in [2.24, 2.45) is 0 Å². The van der Waals surface area contributed by atoms with Gasteiger partial charge in [0, 0.05) is 34.7 Å². The lowest BCUT2D eigenvalue weighted by atomic mass is 9.99. The summed E-state index contributed by atoms with van der Waals surface area (Å²) in [5, 5.41) is 4.59. The van der Waals surface area contributed by atoms with Crippen molar-refractivity contribution in [2.45, 2.75) is 52.6 Å². The van der Waals surface area contributed by atoms with Crippen molar-refractivity contribution in [3.63, 3.8) is 0 Å². The molecule has 1 heterocycles. The number of nitrogens with zero attached hydrogens (tertiary/aromatic N) is 1. The highest BCUT2D eigenvalue weighted by Crippen LogP contribution is 2.26. The minimum absolute atomic E-state index is 0.547. The molecule has 4 heteroatoms. The number of halogens is 1. The van der Waals surface area contributed by atoms with Gasteiger partial charge in [0.05, 0.1) is 6.61 Å². The van der Waals surface area contributed by atoms with Crippen molar-refractivity contribution in [3.8, 4) is 0 Å². The lowest BCUT2D eigenvalue weighted by Gasteiger charge is -2.13. The first-order valence-electron chi connectivity index (χ1n) is 10.3. The van der Waals surface area contributed by atoms with Gasteiger partial charge in [-0.2, -0.15) is 0 Å². The molecule has 154 valence electrons. The third kappa shape index (κ3) is 5.89. The molecule has 29 heavy (non-hydrogen) atoms. The number of rotatable bonds is 10. The maximum absolute atomic E-state index is 5.74. The first-order chi connectivity index (χ1) is 13.9. The quantitative estimate of drug-likeness (QED) is 0.266. The van der Waals surface area contributed by atoms with Crippen LogP contribution in [0.15, 0.2) is 65.6 Å². The summed E-state index contributed by atoms with van der Waals surface area (Å²) < 4.78 is 9.19. The lowest BCUT2D eigenvalue weighted by molar-refractivity contribution is 0.185. The molecule has 3 nitrogen and oxygen atoms in total. The molecule has 1 aromatic heterocycles. The van der Waals surface area contributed by atoms with E-state index in [-0.39, 0.29) is 0 Å². The van der Waals surface area contributed by atoms with Crippen molar-refractivity contribution < 1.29 is 4.74 Å². The van der Waals surface area contributed by atoms with Crippen LogP contribution in [-0.2, 0) is 17.8 Å². The monoisotopic (exact) mass is 454 g/mol. The number of aromatic nitrogens is 1. The van der Waals surface area contributed by atoms with Gasteiger partial charge in [-0.05, 0) is 73.2 Å². The Morgan fingerprint density at radius 3 is 2.76 bits per heavy atom. The lowest BCUT2D eigenvalue weighted by Crippen LogP contribution is -2.15.